The van der Waals surface area contributed by atoms with E-state index in [0.29, 0.717) is 18.4 Å². The van der Waals surface area contributed by atoms with E-state index in [0.717, 1.165) is 0 Å². The molecule has 1 aromatic heterocycles. The Labute approximate surface area is 109 Å². The highest BCUT2D eigenvalue weighted by Gasteiger charge is 2.16. The summed E-state index contributed by atoms with van der Waals surface area (Å²) in [5.41, 5.74) is 0.141. The van der Waals surface area contributed by atoms with Crippen molar-refractivity contribution in [1.82, 2.24) is 15.5 Å². The molecule has 0 fully saturated rings. The summed E-state index contributed by atoms with van der Waals surface area (Å²) in [7, 11) is 0. The van der Waals surface area contributed by atoms with Gasteiger partial charge < -0.3 is 9.84 Å². The van der Waals surface area contributed by atoms with Gasteiger partial charge in [-0.1, -0.05) is 36.7 Å². The van der Waals surface area contributed by atoms with Gasteiger partial charge >= 0.3 is 0 Å². The first kappa shape index (κ1) is 13.0. The number of nitrogens with one attached hydrogen (secondary N) is 1. The van der Waals surface area contributed by atoms with Gasteiger partial charge in [-0.15, -0.1) is 0 Å². The summed E-state index contributed by atoms with van der Waals surface area (Å²) in [4.78, 5) is 4.11. The van der Waals surface area contributed by atoms with E-state index in [9.17, 15) is 4.39 Å². The largest absolute Gasteiger partial charge is 0.334 e. The Morgan fingerprint density at radius 3 is 2.89 bits per heavy atom. The molecule has 4 nitrogen and oxygen atoms in total. The molecular weight excluding hydrogens is 257 g/mol. The molecule has 2 rings (SSSR count). The molecule has 96 valence electrons. The minimum absolute atomic E-state index is 0.0960. The number of rotatable bonds is 4. The van der Waals surface area contributed by atoms with Gasteiger partial charge in [0.1, 0.15) is 5.82 Å². The van der Waals surface area contributed by atoms with Crippen molar-refractivity contribution < 1.29 is 8.91 Å². The van der Waals surface area contributed by atoms with Gasteiger partial charge in [0, 0.05) is 6.04 Å². The first-order valence-electron chi connectivity index (χ1n) is 5.58. The Balaban J connectivity index is 2.24. The molecule has 0 aliphatic carbocycles. The third-order valence-corrected chi connectivity index (χ3v) is 2.63. The predicted molar refractivity (Wildman–Crippen MR) is 66.7 cm³/mol. The Morgan fingerprint density at radius 1 is 1.44 bits per heavy atom. The zero-order valence-corrected chi connectivity index (χ0v) is 10.8. The molecule has 0 atom stereocenters. The number of benzene rings is 1. The van der Waals surface area contributed by atoms with Crippen LogP contribution in [0, 0.1) is 5.82 Å². The van der Waals surface area contributed by atoms with Crippen molar-refractivity contribution >= 4 is 11.6 Å². The normalized spacial score (nSPS) is 11.2. The molecule has 0 radical (unpaired) electrons. The van der Waals surface area contributed by atoms with Crippen LogP contribution >= 0.6 is 11.6 Å². The molecule has 18 heavy (non-hydrogen) atoms. The molecule has 0 aliphatic heterocycles. The fourth-order valence-electron chi connectivity index (χ4n) is 1.42. The maximum atomic E-state index is 13.6. The summed E-state index contributed by atoms with van der Waals surface area (Å²) in [5.74, 6) is 0.0891. The first-order chi connectivity index (χ1) is 8.58. The molecule has 1 N–H and O–H groups in total. The van der Waals surface area contributed by atoms with Gasteiger partial charge in [0.05, 0.1) is 17.1 Å². The molecule has 0 bridgehead atoms. The van der Waals surface area contributed by atoms with Crippen LogP contribution in [0.4, 0.5) is 4.39 Å². The molecule has 6 heteroatoms. The summed E-state index contributed by atoms with van der Waals surface area (Å²) in [6, 6.07) is 4.72. The molecule has 1 heterocycles. The lowest BCUT2D eigenvalue weighted by Gasteiger charge is -2.03. The summed E-state index contributed by atoms with van der Waals surface area (Å²) in [6.07, 6.45) is 0. The SMILES string of the molecule is CC(C)NCc1noc(-c2c(F)cccc2Cl)n1. The van der Waals surface area contributed by atoms with Crippen molar-refractivity contribution in [1.29, 1.82) is 0 Å². The van der Waals surface area contributed by atoms with Crippen LogP contribution < -0.4 is 5.32 Å². The quantitative estimate of drug-likeness (QED) is 0.927. The Hall–Kier alpha value is -1.46. The second kappa shape index (κ2) is 5.46. The predicted octanol–water partition coefficient (Wildman–Crippen LogP) is 3.03. The van der Waals surface area contributed by atoms with E-state index in [1.54, 1.807) is 6.07 Å². The van der Waals surface area contributed by atoms with Gasteiger partial charge in [0.15, 0.2) is 5.82 Å². The van der Waals surface area contributed by atoms with Gasteiger partial charge in [-0.05, 0) is 12.1 Å². The standard InChI is InChI=1S/C12H13ClFN3O/c1-7(2)15-6-10-16-12(18-17-10)11-8(13)4-3-5-9(11)14/h3-5,7,15H,6H2,1-2H3. The molecule has 0 saturated carbocycles. The molecule has 1 aromatic carbocycles. The van der Waals surface area contributed by atoms with Crippen LogP contribution in [-0.4, -0.2) is 16.2 Å². The molecule has 0 aliphatic rings. The van der Waals surface area contributed by atoms with Crippen LogP contribution in [0.5, 0.6) is 0 Å². The monoisotopic (exact) mass is 269 g/mol. The van der Waals surface area contributed by atoms with Crippen LogP contribution in [0.2, 0.25) is 5.02 Å². The third kappa shape index (κ3) is 2.86. The average molecular weight is 270 g/mol. The maximum Gasteiger partial charge on any atom is 0.262 e. The maximum absolute atomic E-state index is 13.6. The van der Waals surface area contributed by atoms with Crippen molar-refractivity contribution in [2.45, 2.75) is 26.4 Å². The lowest BCUT2D eigenvalue weighted by atomic mass is 10.2. The molecule has 0 amide bonds. The van der Waals surface area contributed by atoms with Crippen molar-refractivity contribution in [2.75, 3.05) is 0 Å². The highest BCUT2D eigenvalue weighted by molar-refractivity contribution is 6.33. The molecule has 0 spiro atoms. The highest BCUT2D eigenvalue weighted by Crippen LogP contribution is 2.28. The van der Waals surface area contributed by atoms with Crippen molar-refractivity contribution in [3.8, 4) is 11.5 Å². The van der Waals surface area contributed by atoms with E-state index in [1.807, 2.05) is 13.8 Å². The number of halogens is 2. The summed E-state index contributed by atoms with van der Waals surface area (Å²) >= 11 is 5.92. The van der Waals surface area contributed by atoms with Gasteiger partial charge in [-0.2, -0.15) is 4.98 Å². The minimum atomic E-state index is -0.477. The third-order valence-electron chi connectivity index (χ3n) is 2.31. The van der Waals surface area contributed by atoms with Crippen molar-refractivity contribution in [2.24, 2.45) is 0 Å². The van der Waals surface area contributed by atoms with Crippen LogP contribution in [0.25, 0.3) is 11.5 Å². The number of nitrogens with zero attached hydrogens (tertiary/aromatic N) is 2. The average Bonchev–Trinajstić information content (AvgIpc) is 2.75. The van der Waals surface area contributed by atoms with E-state index in [-0.39, 0.29) is 16.5 Å². The van der Waals surface area contributed by atoms with Crippen LogP contribution in [-0.2, 0) is 6.54 Å². The summed E-state index contributed by atoms with van der Waals surface area (Å²) in [6.45, 7) is 4.48. The van der Waals surface area contributed by atoms with Crippen LogP contribution in [0.3, 0.4) is 0 Å². The second-order valence-corrected chi connectivity index (χ2v) is 4.56. The number of hydrogen-bond donors (Lipinski definition) is 1. The lowest BCUT2D eigenvalue weighted by Crippen LogP contribution is -2.22. The van der Waals surface area contributed by atoms with Crippen molar-refractivity contribution in [3.63, 3.8) is 0 Å². The van der Waals surface area contributed by atoms with Gasteiger partial charge in [0.25, 0.3) is 5.89 Å². The zero-order chi connectivity index (χ0) is 13.1. The molecule has 2 aromatic rings. The van der Waals surface area contributed by atoms with E-state index >= 15 is 0 Å². The Morgan fingerprint density at radius 2 is 2.22 bits per heavy atom. The first-order valence-corrected chi connectivity index (χ1v) is 5.96. The Kier molecular flexibility index (Phi) is 3.93. The topological polar surface area (TPSA) is 51.0 Å². The smallest absolute Gasteiger partial charge is 0.262 e. The van der Waals surface area contributed by atoms with E-state index in [2.05, 4.69) is 15.5 Å². The molecule has 0 unspecified atom stereocenters. The van der Waals surface area contributed by atoms with Crippen molar-refractivity contribution in [3.05, 3.63) is 34.9 Å². The van der Waals surface area contributed by atoms with Gasteiger partial charge in [0.2, 0.25) is 0 Å². The highest BCUT2D eigenvalue weighted by atomic mass is 35.5. The van der Waals surface area contributed by atoms with E-state index < -0.39 is 5.82 Å². The van der Waals surface area contributed by atoms with Crippen LogP contribution in [0.15, 0.2) is 22.7 Å². The fourth-order valence-corrected chi connectivity index (χ4v) is 1.67. The van der Waals surface area contributed by atoms with E-state index in [4.69, 9.17) is 16.1 Å². The second-order valence-electron chi connectivity index (χ2n) is 4.15. The minimum Gasteiger partial charge on any atom is -0.334 e. The number of aromatic nitrogens is 2. The molecule has 0 saturated heterocycles. The van der Waals surface area contributed by atoms with Gasteiger partial charge in [-0.3, -0.25) is 0 Å². The summed E-state index contributed by atoms with van der Waals surface area (Å²) < 4.78 is 18.7. The number of hydrogen-bond acceptors (Lipinski definition) is 4. The lowest BCUT2D eigenvalue weighted by molar-refractivity contribution is 0.415. The molecular formula is C12H13ClFN3O. The Bertz CT molecular complexity index is 522. The van der Waals surface area contributed by atoms with Crippen LogP contribution in [0.1, 0.15) is 19.7 Å². The summed E-state index contributed by atoms with van der Waals surface area (Å²) in [5, 5.41) is 7.17. The zero-order valence-electron chi connectivity index (χ0n) is 10.1. The van der Waals surface area contributed by atoms with Gasteiger partial charge in [-0.25, -0.2) is 4.39 Å². The fraction of sp³-hybridized carbons (Fsp3) is 0.333. The van der Waals surface area contributed by atoms with E-state index in [1.165, 1.54) is 12.1 Å².